The topological polar surface area (TPSA) is 106 Å². The number of sulfonamides is 1. The van der Waals surface area contributed by atoms with Crippen molar-refractivity contribution in [1.29, 1.82) is 0 Å². The molecular weight excluding hydrogens is 432 g/mol. The molecule has 8 nitrogen and oxygen atoms in total. The first-order valence-corrected chi connectivity index (χ1v) is 11.7. The van der Waals surface area contributed by atoms with E-state index in [2.05, 4.69) is 4.98 Å². The van der Waals surface area contributed by atoms with Crippen molar-refractivity contribution in [2.75, 3.05) is 19.7 Å². The first kappa shape index (κ1) is 22.2. The molecule has 0 radical (unpaired) electrons. The minimum Gasteiger partial charge on any atom is -0.454 e. The van der Waals surface area contributed by atoms with Gasteiger partial charge in [0.25, 0.3) is 0 Å². The third-order valence-electron chi connectivity index (χ3n) is 5.32. The summed E-state index contributed by atoms with van der Waals surface area (Å²) in [5, 5.41) is 0.746. The monoisotopic (exact) mass is 456 g/mol. The second-order valence-corrected chi connectivity index (χ2v) is 9.79. The second kappa shape index (κ2) is 8.85. The number of para-hydroxylation sites is 1. The number of H-pyrrole nitrogens is 1. The van der Waals surface area contributed by atoms with Crippen LogP contribution < -0.4 is 0 Å². The fraction of sp³-hybridized carbons (Fsp3) is 0.304. The molecule has 0 bridgehead atoms. The van der Waals surface area contributed by atoms with Crippen molar-refractivity contribution in [2.45, 2.75) is 31.0 Å². The van der Waals surface area contributed by atoms with Crippen LogP contribution in [-0.2, 0) is 19.5 Å². The molecule has 1 N–H and O–H groups in total. The maximum Gasteiger partial charge on any atom is 0.338 e. The number of aromatic nitrogens is 1. The van der Waals surface area contributed by atoms with Crippen LogP contribution in [-0.4, -0.2) is 61.4 Å². The van der Waals surface area contributed by atoms with Crippen molar-refractivity contribution >= 4 is 32.7 Å². The van der Waals surface area contributed by atoms with E-state index >= 15 is 0 Å². The molecule has 0 aliphatic carbocycles. The maximum atomic E-state index is 13.1. The summed E-state index contributed by atoms with van der Waals surface area (Å²) in [7, 11) is -3.80. The van der Waals surface area contributed by atoms with Crippen molar-refractivity contribution in [1.82, 2.24) is 9.29 Å². The molecular formula is C23H24N2O6S. The molecule has 1 aromatic heterocycles. The first-order chi connectivity index (χ1) is 15.3. The van der Waals surface area contributed by atoms with Crippen LogP contribution in [0.3, 0.4) is 0 Å². The van der Waals surface area contributed by atoms with Crippen LogP contribution in [0, 0.1) is 0 Å². The lowest BCUT2D eigenvalue weighted by atomic mass is 10.1. The van der Waals surface area contributed by atoms with E-state index in [-0.39, 0.29) is 41.5 Å². The Morgan fingerprint density at radius 3 is 2.56 bits per heavy atom. The average molecular weight is 457 g/mol. The van der Waals surface area contributed by atoms with Gasteiger partial charge in [-0.2, -0.15) is 4.31 Å². The van der Waals surface area contributed by atoms with Gasteiger partial charge in [-0.15, -0.1) is 0 Å². The number of ketones is 1. The summed E-state index contributed by atoms with van der Waals surface area (Å²) >= 11 is 0. The molecule has 4 rings (SSSR count). The number of hydrogen-bond donors (Lipinski definition) is 1. The van der Waals surface area contributed by atoms with E-state index in [9.17, 15) is 18.0 Å². The highest BCUT2D eigenvalue weighted by atomic mass is 32.2. The van der Waals surface area contributed by atoms with Crippen LogP contribution in [0.25, 0.3) is 10.9 Å². The van der Waals surface area contributed by atoms with Crippen LogP contribution >= 0.6 is 0 Å². The van der Waals surface area contributed by atoms with Gasteiger partial charge in [-0.25, -0.2) is 13.2 Å². The molecule has 2 aromatic carbocycles. The molecule has 2 heterocycles. The van der Waals surface area contributed by atoms with Gasteiger partial charge in [-0.1, -0.05) is 24.3 Å². The van der Waals surface area contributed by atoms with E-state index in [1.807, 2.05) is 38.1 Å². The van der Waals surface area contributed by atoms with E-state index in [1.165, 1.54) is 28.6 Å². The molecule has 168 valence electrons. The molecule has 32 heavy (non-hydrogen) atoms. The Hall–Kier alpha value is -3.01. The normalized spacial score (nSPS) is 19.7. The van der Waals surface area contributed by atoms with Gasteiger partial charge in [-0.3, -0.25) is 4.79 Å². The second-order valence-electron chi connectivity index (χ2n) is 7.85. The zero-order chi connectivity index (χ0) is 22.9. The Labute approximate surface area is 186 Å². The third kappa shape index (κ3) is 4.45. The number of hydrogen-bond acceptors (Lipinski definition) is 6. The lowest BCUT2D eigenvalue weighted by Crippen LogP contribution is -2.48. The van der Waals surface area contributed by atoms with Crippen LogP contribution in [0.4, 0.5) is 0 Å². The summed E-state index contributed by atoms with van der Waals surface area (Å²) < 4.78 is 38.3. The first-order valence-electron chi connectivity index (χ1n) is 10.3. The van der Waals surface area contributed by atoms with Gasteiger partial charge >= 0.3 is 5.97 Å². The molecule has 3 aromatic rings. The van der Waals surface area contributed by atoms with E-state index in [1.54, 1.807) is 6.20 Å². The van der Waals surface area contributed by atoms with E-state index in [0.29, 0.717) is 5.56 Å². The van der Waals surface area contributed by atoms with Crippen molar-refractivity contribution < 1.29 is 27.5 Å². The Morgan fingerprint density at radius 2 is 1.81 bits per heavy atom. The molecule has 9 heteroatoms. The Balaban J connectivity index is 1.47. The summed E-state index contributed by atoms with van der Waals surface area (Å²) in [5.74, 6) is -1.12. The van der Waals surface area contributed by atoms with E-state index < -0.39 is 22.6 Å². The number of morpholine rings is 1. The number of nitrogens with one attached hydrogen (secondary N) is 1. The summed E-state index contributed by atoms with van der Waals surface area (Å²) in [6.07, 6.45) is 1.13. The fourth-order valence-corrected chi connectivity index (χ4v) is 5.49. The largest absolute Gasteiger partial charge is 0.454 e. The lowest BCUT2D eigenvalue weighted by Gasteiger charge is -2.34. The maximum absolute atomic E-state index is 13.1. The lowest BCUT2D eigenvalue weighted by molar-refractivity contribution is -0.0440. The highest BCUT2D eigenvalue weighted by Gasteiger charge is 2.32. The summed E-state index contributed by atoms with van der Waals surface area (Å²) in [5.41, 5.74) is 1.30. The van der Waals surface area contributed by atoms with Gasteiger partial charge in [-0.05, 0) is 38.1 Å². The number of aromatic amines is 1. The SMILES string of the molecule is C[C@@H]1CN(S(=O)(=O)c2cccc(C(=O)OCC(=O)c3c[nH]c4ccccc34)c2)C[C@@H](C)O1. The zero-order valence-electron chi connectivity index (χ0n) is 17.8. The van der Waals surface area contributed by atoms with Crippen LogP contribution in [0.1, 0.15) is 34.6 Å². The third-order valence-corrected chi connectivity index (χ3v) is 7.15. The fourth-order valence-electron chi connectivity index (χ4n) is 3.85. The summed E-state index contributed by atoms with van der Waals surface area (Å²) in [6, 6.07) is 13.0. The van der Waals surface area contributed by atoms with Gasteiger partial charge in [0, 0.05) is 35.8 Å². The van der Waals surface area contributed by atoms with Crippen molar-refractivity contribution in [3.63, 3.8) is 0 Å². The number of carbonyl (C=O) groups is 2. The van der Waals surface area contributed by atoms with E-state index in [0.717, 1.165) is 10.9 Å². The minimum atomic E-state index is -3.80. The molecule has 1 aliphatic heterocycles. The van der Waals surface area contributed by atoms with Crippen LogP contribution in [0.2, 0.25) is 0 Å². The Bertz CT molecular complexity index is 1260. The molecule has 1 saturated heterocycles. The number of esters is 1. The Kier molecular flexibility index (Phi) is 6.14. The number of fused-ring (bicyclic) bond motifs is 1. The van der Waals surface area contributed by atoms with Gasteiger partial charge in [0.05, 0.1) is 22.7 Å². The van der Waals surface area contributed by atoms with Crippen molar-refractivity contribution in [3.05, 3.63) is 65.9 Å². The molecule has 0 saturated carbocycles. The minimum absolute atomic E-state index is 0.00351. The average Bonchev–Trinajstić information content (AvgIpc) is 3.21. The quantitative estimate of drug-likeness (QED) is 0.452. The van der Waals surface area contributed by atoms with Crippen LogP contribution in [0.5, 0.6) is 0 Å². The number of ether oxygens (including phenoxy) is 2. The number of rotatable bonds is 6. The number of Topliss-reactive ketones (excluding diaryl/α,β-unsaturated/α-hetero) is 1. The predicted octanol–water partition coefficient (Wildman–Crippen LogP) is 3.01. The molecule has 0 spiro atoms. The molecule has 2 atom stereocenters. The van der Waals surface area contributed by atoms with E-state index in [4.69, 9.17) is 9.47 Å². The molecule has 0 amide bonds. The summed E-state index contributed by atoms with van der Waals surface area (Å²) in [4.78, 5) is 28.1. The van der Waals surface area contributed by atoms with Crippen molar-refractivity contribution in [3.8, 4) is 0 Å². The van der Waals surface area contributed by atoms with Gasteiger partial charge in [0.2, 0.25) is 15.8 Å². The predicted molar refractivity (Wildman–Crippen MR) is 118 cm³/mol. The smallest absolute Gasteiger partial charge is 0.338 e. The van der Waals surface area contributed by atoms with Crippen molar-refractivity contribution in [2.24, 2.45) is 0 Å². The van der Waals surface area contributed by atoms with Gasteiger partial charge < -0.3 is 14.5 Å². The molecule has 1 aliphatic rings. The number of benzene rings is 2. The summed E-state index contributed by atoms with van der Waals surface area (Å²) in [6.45, 7) is 3.66. The van der Waals surface area contributed by atoms with Gasteiger partial charge in [0.15, 0.2) is 6.61 Å². The standard InChI is InChI=1S/C23H24N2O6S/c1-15-12-25(13-16(2)31-15)32(28,29)18-7-5-6-17(10-18)23(27)30-14-22(26)20-11-24-21-9-4-3-8-19(20)21/h3-11,15-16,24H,12-14H2,1-2H3/t15-,16-/m1/s1. The molecule has 0 unspecified atom stereocenters. The Morgan fingerprint density at radius 1 is 1.09 bits per heavy atom. The highest BCUT2D eigenvalue weighted by molar-refractivity contribution is 7.89. The zero-order valence-corrected chi connectivity index (χ0v) is 18.6. The highest BCUT2D eigenvalue weighted by Crippen LogP contribution is 2.22. The number of carbonyl (C=O) groups excluding carboxylic acids is 2. The molecule has 1 fully saturated rings. The van der Waals surface area contributed by atoms with Gasteiger partial charge in [0.1, 0.15) is 0 Å². The number of nitrogens with zero attached hydrogens (tertiary/aromatic N) is 1. The van der Waals surface area contributed by atoms with Crippen LogP contribution in [0.15, 0.2) is 59.6 Å².